The Morgan fingerprint density at radius 1 is 0.857 bits per heavy atom. The third-order valence-corrected chi connectivity index (χ3v) is 3.14. The molecule has 0 aliphatic heterocycles. The second kappa shape index (κ2) is 5.67. The van der Waals surface area contributed by atoms with Gasteiger partial charge in [-0.15, -0.1) is 0 Å². The van der Waals surface area contributed by atoms with E-state index in [0.29, 0.717) is 17.8 Å². The molecule has 0 amide bonds. The maximum atomic E-state index is 10.6. The molecule has 1 aromatic heterocycles. The molecule has 21 heavy (non-hydrogen) atoms. The van der Waals surface area contributed by atoms with E-state index in [0.717, 1.165) is 17.1 Å². The summed E-state index contributed by atoms with van der Waals surface area (Å²) in [6.45, 7) is 2.04. The van der Waals surface area contributed by atoms with Crippen LogP contribution in [0.4, 0.5) is 0 Å². The predicted molar refractivity (Wildman–Crippen MR) is 80.8 cm³/mol. The van der Waals surface area contributed by atoms with Crippen molar-refractivity contribution in [2.45, 2.75) is 6.92 Å². The lowest BCUT2D eigenvalue weighted by Gasteiger charge is -2.06. The highest BCUT2D eigenvalue weighted by Crippen LogP contribution is 2.26. The molecule has 3 rings (SSSR count). The molecule has 0 bridgehead atoms. The van der Waals surface area contributed by atoms with Crippen LogP contribution in [-0.2, 0) is 0 Å². The third-order valence-electron chi connectivity index (χ3n) is 3.14. The molecule has 3 aromatic rings. The number of benzene rings is 2. The van der Waals surface area contributed by atoms with Crippen molar-refractivity contribution in [2.24, 2.45) is 0 Å². The van der Waals surface area contributed by atoms with Crippen LogP contribution in [0.5, 0.6) is 11.5 Å². The van der Waals surface area contributed by atoms with Crippen LogP contribution < -0.4 is 4.74 Å². The molecule has 0 aliphatic rings. The molecule has 0 aliphatic carbocycles. The topological polar surface area (TPSA) is 39.4 Å². The quantitative estimate of drug-likeness (QED) is 0.640. The van der Waals surface area contributed by atoms with Crippen molar-refractivity contribution >= 4 is 6.29 Å². The van der Waals surface area contributed by atoms with Crippen molar-refractivity contribution in [1.82, 2.24) is 0 Å². The fourth-order valence-corrected chi connectivity index (χ4v) is 2.00. The predicted octanol–water partition coefficient (Wildman–Crippen LogP) is 4.86. The Kier molecular flexibility index (Phi) is 3.56. The van der Waals surface area contributed by atoms with Crippen LogP contribution in [0.15, 0.2) is 65.1 Å². The molecule has 2 aromatic carbocycles. The lowest BCUT2D eigenvalue weighted by atomic mass is 10.2. The minimum atomic E-state index is 0.324. The SMILES string of the molecule is Cc1ccc(Oc2ccc(-c3ccc(C=O)o3)cc2)cc1. The highest BCUT2D eigenvalue weighted by atomic mass is 16.5. The molecule has 0 N–H and O–H groups in total. The van der Waals surface area contributed by atoms with Crippen molar-refractivity contribution < 1.29 is 13.9 Å². The number of ether oxygens (including phenoxy) is 1. The number of rotatable bonds is 4. The summed E-state index contributed by atoms with van der Waals surface area (Å²) in [6, 6.07) is 18.9. The molecule has 0 fully saturated rings. The maximum Gasteiger partial charge on any atom is 0.185 e. The Hall–Kier alpha value is -2.81. The Morgan fingerprint density at radius 3 is 2.05 bits per heavy atom. The van der Waals surface area contributed by atoms with E-state index in [-0.39, 0.29) is 0 Å². The molecule has 0 saturated carbocycles. The summed E-state index contributed by atoms with van der Waals surface area (Å²) in [4.78, 5) is 10.6. The Balaban J connectivity index is 1.77. The molecule has 0 atom stereocenters. The zero-order valence-corrected chi connectivity index (χ0v) is 11.6. The zero-order valence-electron chi connectivity index (χ0n) is 11.6. The van der Waals surface area contributed by atoms with Crippen molar-refractivity contribution in [3.63, 3.8) is 0 Å². The van der Waals surface area contributed by atoms with Crippen LogP contribution in [0.1, 0.15) is 16.1 Å². The van der Waals surface area contributed by atoms with Crippen LogP contribution in [0.3, 0.4) is 0 Å². The molecule has 3 nitrogen and oxygen atoms in total. The van der Waals surface area contributed by atoms with Crippen molar-refractivity contribution in [3.05, 3.63) is 72.0 Å². The zero-order chi connectivity index (χ0) is 14.7. The van der Waals surface area contributed by atoms with Crippen molar-refractivity contribution in [3.8, 4) is 22.8 Å². The highest BCUT2D eigenvalue weighted by molar-refractivity contribution is 5.72. The first-order valence-corrected chi connectivity index (χ1v) is 6.64. The van der Waals surface area contributed by atoms with E-state index in [2.05, 4.69) is 0 Å². The van der Waals surface area contributed by atoms with Crippen molar-refractivity contribution in [2.75, 3.05) is 0 Å². The van der Waals surface area contributed by atoms with Crippen LogP contribution in [0.25, 0.3) is 11.3 Å². The third kappa shape index (κ3) is 3.03. The number of aryl methyl sites for hydroxylation is 1. The van der Waals surface area contributed by atoms with Crippen LogP contribution in [0, 0.1) is 6.92 Å². The maximum absolute atomic E-state index is 10.6. The monoisotopic (exact) mass is 278 g/mol. The highest BCUT2D eigenvalue weighted by Gasteiger charge is 2.04. The summed E-state index contributed by atoms with van der Waals surface area (Å²) in [5.41, 5.74) is 2.10. The van der Waals surface area contributed by atoms with Gasteiger partial charge in [0.05, 0.1) is 0 Å². The van der Waals surface area contributed by atoms with Gasteiger partial charge in [0, 0.05) is 5.56 Å². The molecule has 0 radical (unpaired) electrons. The van der Waals surface area contributed by atoms with E-state index >= 15 is 0 Å². The smallest absolute Gasteiger partial charge is 0.185 e. The normalized spacial score (nSPS) is 10.3. The number of hydrogen-bond acceptors (Lipinski definition) is 3. The average molecular weight is 278 g/mol. The summed E-state index contributed by atoms with van der Waals surface area (Å²) in [7, 11) is 0. The second-order valence-corrected chi connectivity index (χ2v) is 4.76. The lowest BCUT2D eigenvalue weighted by molar-refractivity contribution is 0.110. The first-order chi connectivity index (χ1) is 10.2. The number of furan rings is 1. The fourth-order valence-electron chi connectivity index (χ4n) is 2.00. The van der Waals surface area contributed by atoms with Gasteiger partial charge in [-0.05, 0) is 55.5 Å². The fraction of sp³-hybridized carbons (Fsp3) is 0.0556. The molecule has 0 spiro atoms. The summed E-state index contributed by atoms with van der Waals surface area (Å²) in [5, 5.41) is 0. The summed E-state index contributed by atoms with van der Waals surface area (Å²) in [5.74, 6) is 2.54. The van der Waals surface area contributed by atoms with Gasteiger partial charge >= 0.3 is 0 Å². The van der Waals surface area contributed by atoms with Gasteiger partial charge in [0.2, 0.25) is 0 Å². The van der Waals surface area contributed by atoms with Gasteiger partial charge in [0.15, 0.2) is 12.0 Å². The Bertz CT molecular complexity index is 737. The molecule has 104 valence electrons. The van der Waals surface area contributed by atoms with E-state index < -0.39 is 0 Å². The van der Waals surface area contributed by atoms with E-state index in [9.17, 15) is 4.79 Å². The minimum absolute atomic E-state index is 0.324. The van der Waals surface area contributed by atoms with E-state index in [4.69, 9.17) is 9.15 Å². The van der Waals surface area contributed by atoms with Gasteiger partial charge in [-0.2, -0.15) is 0 Å². The van der Waals surface area contributed by atoms with Gasteiger partial charge in [0.1, 0.15) is 17.3 Å². The van der Waals surface area contributed by atoms with Gasteiger partial charge < -0.3 is 9.15 Å². The summed E-state index contributed by atoms with van der Waals surface area (Å²) >= 11 is 0. The Labute approximate surface area is 122 Å². The first-order valence-electron chi connectivity index (χ1n) is 6.64. The van der Waals surface area contributed by atoms with E-state index in [1.165, 1.54) is 5.56 Å². The van der Waals surface area contributed by atoms with Crippen LogP contribution in [0.2, 0.25) is 0 Å². The van der Waals surface area contributed by atoms with Crippen LogP contribution >= 0.6 is 0 Å². The Morgan fingerprint density at radius 2 is 1.48 bits per heavy atom. The number of carbonyl (C=O) groups excluding carboxylic acids is 1. The standard InChI is InChI=1S/C18H14O3/c1-13-2-6-15(7-3-13)20-16-8-4-14(5-9-16)18-11-10-17(12-19)21-18/h2-12H,1H3. The van der Waals surface area contributed by atoms with Gasteiger partial charge in [-0.1, -0.05) is 17.7 Å². The lowest BCUT2D eigenvalue weighted by Crippen LogP contribution is -1.84. The largest absolute Gasteiger partial charge is 0.457 e. The molecule has 1 heterocycles. The van der Waals surface area contributed by atoms with Crippen LogP contribution in [-0.4, -0.2) is 6.29 Å². The molecular formula is C18H14O3. The van der Waals surface area contributed by atoms with Crippen molar-refractivity contribution in [1.29, 1.82) is 0 Å². The number of aldehydes is 1. The first kappa shape index (κ1) is 13.2. The molecule has 3 heteroatoms. The number of hydrogen-bond donors (Lipinski definition) is 0. The van der Waals surface area contributed by atoms with Gasteiger partial charge in [0.25, 0.3) is 0 Å². The van der Waals surface area contributed by atoms with Gasteiger partial charge in [-0.25, -0.2) is 0 Å². The number of carbonyl (C=O) groups is 1. The molecular weight excluding hydrogens is 264 g/mol. The summed E-state index contributed by atoms with van der Waals surface area (Å²) in [6.07, 6.45) is 0.693. The second-order valence-electron chi connectivity index (χ2n) is 4.76. The average Bonchev–Trinajstić information content (AvgIpc) is 2.99. The van der Waals surface area contributed by atoms with Gasteiger partial charge in [-0.3, -0.25) is 4.79 Å². The molecule has 0 unspecified atom stereocenters. The van der Waals surface area contributed by atoms with E-state index in [1.807, 2.05) is 55.5 Å². The van der Waals surface area contributed by atoms with E-state index in [1.54, 1.807) is 12.1 Å². The molecule has 0 saturated heterocycles. The summed E-state index contributed by atoms with van der Waals surface area (Å²) < 4.78 is 11.1. The minimum Gasteiger partial charge on any atom is -0.457 e.